The predicted molar refractivity (Wildman–Crippen MR) is 53.4 cm³/mol. The van der Waals surface area contributed by atoms with Gasteiger partial charge in [0.15, 0.2) is 0 Å². The number of halogens is 3. The molecule has 0 bridgehead atoms. The number of ether oxygens (including phenoxy) is 1. The molecule has 0 heterocycles. The van der Waals surface area contributed by atoms with Crippen molar-refractivity contribution in [2.45, 2.75) is 12.8 Å². The van der Waals surface area contributed by atoms with Gasteiger partial charge >= 0.3 is 12.1 Å². The average Bonchev–Trinajstić information content (AvgIpc) is 2.34. The summed E-state index contributed by atoms with van der Waals surface area (Å²) in [6.45, 7) is -0.648. The van der Waals surface area contributed by atoms with Gasteiger partial charge in [-0.3, -0.25) is 0 Å². The Bertz CT molecular complexity index is 517. The summed E-state index contributed by atoms with van der Waals surface area (Å²) in [5, 5.41) is 17.8. The third-order valence-corrected chi connectivity index (χ3v) is 2.27. The Hall–Kier alpha value is -2.07. The molecule has 0 unspecified atom stereocenters. The molecule has 0 aromatic heterocycles. The molecule has 0 aliphatic carbocycles. The molecule has 0 amide bonds. The van der Waals surface area contributed by atoms with Gasteiger partial charge in [0.2, 0.25) is 0 Å². The number of carbonyl (C=O) groups excluding carboxylic acids is 1. The SMILES string of the molecule is COC(=O)c1c(C(F)(F)F)ccc(CO)c1C#N. The van der Waals surface area contributed by atoms with Crippen LogP contribution in [0.15, 0.2) is 12.1 Å². The molecular formula is C11H8F3NO3. The number of alkyl halides is 3. The molecule has 1 aromatic carbocycles. The first-order valence-corrected chi connectivity index (χ1v) is 4.69. The lowest BCUT2D eigenvalue weighted by atomic mass is 9.96. The van der Waals surface area contributed by atoms with Crippen LogP contribution >= 0.6 is 0 Å². The van der Waals surface area contributed by atoms with Crippen LogP contribution in [0.3, 0.4) is 0 Å². The van der Waals surface area contributed by atoms with Gasteiger partial charge in [-0.2, -0.15) is 18.4 Å². The normalized spacial score (nSPS) is 10.9. The molecular weight excluding hydrogens is 251 g/mol. The quantitative estimate of drug-likeness (QED) is 0.823. The molecule has 0 spiro atoms. The van der Waals surface area contributed by atoms with Crippen molar-refractivity contribution in [3.8, 4) is 6.07 Å². The number of nitrogens with zero attached hydrogens (tertiary/aromatic N) is 1. The zero-order chi connectivity index (χ0) is 13.9. The summed E-state index contributed by atoms with van der Waals surface area (Å²) in [4.78, 5) is 11.4. The lowest BCUT2D eigenvalue weighted by molar-refractivity contribution is -0.138. The van der Waals surface area contributed by atoms with E-state index >= 15 is 0 Å². The van der Waals surface area contributed by atoms with Crippen LogP contribution in [0.4, 0.5) is 13.2 Å². The van der Waals surface area contributed by atoms with E-state index in [1.807, 2.05) is 0 Å². The molecule has 96 valence electrons. The molecule has 0 aliphatic heterocycles. The van der Waals surface area contributed by atoms with Crippen LogP contribution in [0, 0.1) is 11.3 Å². The number of carbonyl (C=O) groups is 1. The molecule has 1 N–H and O–H groups in total. The highest BCUT2D eigenvalue weighted by Gasteiger charge is 2.37. The van der Waals surface area contributed by atoms with Crippen molar-refractivity contribution in [2.24, 2.45) is 0 Å². The molecule has 0 saturated heterocycles. The molecule has 0 saturated carbocycles. The fraction of sp³-hybridized carbons (Fsp3) is 0.273. The van der Waals surface area contributed by atoms with Crippen molar-refractivity contribution in [3.63, 3.8) is 0 Å². The summed E-state index contributed by atoms with van der Waals surface area (Å²) in [6, 6.07) is 3.07. The van der Waals surface area contributed by atoms with E-state index in [1.165, 1.54) is 6.07 Å². The lowest BCUT2D eigenvalue weighted by Gasteiger charge is -2.14. The van der Waals surface area contributed by atoms with Gasteiger partial charge in [-0.15, -0.1) is 0 Å². The summed E-state index contributed by atoms with van der Waals surface area (Å²) in [7, 11) is 0.912. The van der Waals surface area contributed by atoms with Gasteiger partial charge in [-0.1, -0.05) is 6.07 Å². The van der Waals surface area contributed by atoms with E-state index in [1.54, 1.807) is 0 Å². The van der Waals surface area contributed by atoms with E-state index in [4.69, 9.17) is 10.4 Å². The van der Waals surface area contributed by atoms with Gasteiger partial charge in [-0.05, 0) is 11.6 Å². The standard InChI is InChI=1S/C11H8F3NO3/c1-18-10(17)9-7(4-15)6(5-16)2-3-8(9)11(12,13)14/h2-3,16H,5H2,1H3. The Balaban J connectivity index is 3.67. The Morgan fingerprint density at radius 3 is 2.50 bits per heavy atom. The first kappa shape index (κ1) is 14.0. The molecule has 1 rings (SSSR count). The second kappa shape index (κ2) is 5.06. The van der Waals surface area contributed by atoms with Crippen molar-refractivity contribution in [1.29, 1.82) is 5.26 Å². The van der Waals surface area contributed by atoms with Crippen molar-refractivity contribution >= 4 is 5.97 Å². The topological polar surface area (TPSA) is 70.3 Å². The van der Waals surface area contributed by atoms with E-state index in [0.717, 1.165) is 13.2 Å². The van der Waals surface area contributed by atoms with Gasteiger partial charge in [-0.25, -0.2) is 4.79 Å². The Morgan fingerprint density at radius 2 is 2.11 bits per heavy atom. The van der Waals surface area contributed by atoms with Crippen molar-refractivity contribution in [1.82, 2.24) is 0 Å². The summed E-state index contributed by atoms with van der Waals surface area (Å²) < 4.78 is 42.4. The minimum atomic E-state index is -4.79. The molecule has 0 radical (unpaired) electrons. The van der Waals surface area contributed by atoms with Crippen LogP contribution < -0.4 is 0 Å². The Kier molecular flexibility index (Phi) is 3.93. The Morgan fingerprint density at radius 1 is 1.50 bits per heavy atom. The number of methoxy groups -OCH3 is 1. The first-order valence-electron chi connectivity index (χ1n) is 4.69. The third-order valence-electron chi connectivity index (χ3n) is 2.27. The summed E-state index contributed by atoms with van der Waals surface area (Å²) in [5.41, 5.74) is -2.73. The van der Waals surface area contributed by atoms with Crippen molar-refractivity contribution < 1.29 is 27.8 Å². The zero-order valence-corrected chi connectivity index (χ0v) is 9.21. The van der Waals surface area contributed by atoms with Crippen LogP contribution in [0.1, 0.15) is 27.0 Å². The smallest absolute Gasteiger partial charge is 0.417 e. The summed E-state index contributed by atoms with van der Waals surface area (Å²) >= 11 is 0. The minimum Gasteiger partial charge on any atom is -0.465 e. The number of benzene rings is 1. The van der Waals surface area contributed by atoms with E-state index in [2.05, 4.69) is 4.74 Å². The van der Waals surface area contributed by atoms with Crippen LogP contribution in [0.5, 0.6) is 0 Å². The number of hydrogen-bond donors (Lipinski definition) is 1. The van der Waals surface area contributed by atoms with Crippen LogP contribution in [-0.4, -0.2) is 18.2 Å². The summed E-state index contributed by atoms with van der Waals surface area (Å²) in [5.74, 6) is -1.27. The molecule has 18 heavy (non-hydrogen) atoms. The van der Waals surface area contributed by atoms with Gasteiger partial charge in [0.05, 0.1) is 30.4 Å². The fourth-order valence-electron chi connectivity index (χ4n) is 1.46. The fourth-order valence-corrected chi connectivity index (χ4v) is 1.46. The van der Waals surface area contributed by atoms with E-state index in [0.29, 0.717) is 6.07 Å². The van der Waals surface area contributed by atoms with E-state index < -0.39 is 35.4 Å². The predicted octanol–water partition coefficient (Wildman–Crippen LogP) is 1.86. The van der Waals surface area contributed by atoms with Gasteiger partial charge in [0, 0.05) is 0 Å². The van der Waals surface area contributed by atoms with Gasteiger partial charge < -0.3 is 9.84 Å². The third kappa shape index (κ3) is 2.43. The number of rotatable bonds is 2. The molecule has 4 nitrogen and oxygen atoms in total. The minimum absolute atomic E-state index is 0.0640. The number of esters is 1. The lowest BCUT2D eigenvalue weighted by Crippen LogP contribution is -2.17. The number of hydrogen-bond acceptors (Lipinski definition) is 4. The van der Waals surface area contributed by atoms with E-state index in [9.17, 15) is 18.0 Å². The number of nitriles is 1. The van der Waals surface area contributed by atoms with Crippen LogP contribution in [0.25, 0.3) is 0 Å². The van der Waals surface area contributed by atoms with Crippen LogP contribution in [-0.2, 0) is 17.5 Å². The second-order valence-corrected chi connectivity index (χ2v) is 3.28. The molecule has 0 aliphatic rings. The monoisotopic (exact) mass is 259 g/mol. The highest BCUT2D eigenvalue weighted by Crippen LogP contribution is 2.34. The zero-order valence-electron chi connectivity index (χ0n) is 9.21. The molecule has 0 atom stereocenters. The maximum Gasteiger partial charge on any atom is 0.417 e. The first-order chi connectivity index (χ1) is 8.36. The highest BCUT2D eigenvalue weighted by atomic mass is 19.4. The second-order valence-electron chi connectivity index (χ2n) is 3.28. The van der Waals surface area contributed by atoms with Gasteiger partial charge in [0.1, 0.15) is 6.07 Å². The molecule has 1 aromatic rings. The van der Waals surface area contributed by atoms with Crippen LogP contribution in [0.2, 0.25) is 0 Å². The summed E-state index contributed by atoms with van der Waals surface area (Å²) in [6.07, 6.45) is -4.79. The molecule has 0 fully saturated rings. The maximum absolute atomic E-state index is 12.7. The van der Waals surface area contributed by atoms with Crippen molar-refractivity contribution in [2.75, 3.05) is 7.11 Å². The molecule has 7 heteroatoms. The maximum atomic E-state index is 12.7. The van der Waals surface area contributed by atoms with E-state index in [-0.39, 0.29) is 5.56 Å². The van der Waals surface area contributed by atoms with Crippen molar-refractivity contribution in [3.05, 3.63) is 34.4 Å². The highest BCUT2D eigenvalue weighted by molar-refractivity contribution is 5.94. The number of aliphatic hydroxyl groups is 1. The Labute approximate surface area is 100 Å². The number of aliphatic hydroxyl groups excluding tert-OH is 1. The van der Waals surface area contributed by atoms with Gasteiger partial charge in [0.25, 0.3) is 0 Å². The largest absolute Gasteiger partial charge is 0.465 e. The average molecular weight is 259 g/mol.